The Hall–Kier alpha value is -0.890. The first kappa shape index (κ1) is 12.6. The van der Waals surface area contributed by atoms with Crippen LogP contribution in [0.4, 0.5) is 4.39 Å². The van der Waals surface area contributed by atoms with Crippen molar-refractivity contribution < 1.29 is 4.39 Å². The third-order valence-corrected chi connectivity index (χ3v) is 3.98. The fourth-order valence-corrected chi connectivity index (χ4v) is 3.08. The minimum atomic E-state index is -0.0273. The molecule has 1 aliphatic carbocycles. The van der Waals surface area contributed by atoms with Crippen molar-refractivity contribution >= 4 is 0 Å². The zero-order valence-electron chi connectivity index (χ0n) is 10.6. The van der Waals surface area contributed by atoms with Gasteiger partial charge in [0.2, 0.25) is 0 Å². The fourth-order valence-electron chi connectivity index (χ4n) is 3.08. The number of hydrogen-bond donors (Lipinski definition) is 1. The summed E-state index contributed by atoms with van der Waals surface area (Å²) >= 11 is 0. The minimum absolute atomic E-state index is 0.0273. The second-order valence-corrected chi connectivity index (χ2v) is 5.06. The average molecular weight is 235 g/mol. The van der Waals surface area contributed by atoms with Crippen LogP contribution >= 0.6 is 0 Å². The monoisotopic (exact) mass is 235 g/mol. The topological polar surface area (TPSA) is 12.0 Å². The third kappa shape index (κ3) is 3.06. The van der Waals surface area contributed by atoms with E-state index in [-0.39, 0.29) is 5.82 Å². The number of hydrogen-bond acceptors (Lipinski definition) is 1. The Kier molecular flexibility index (Phi) is 4.55. The van der Waals surface area contributed by atoms with E-state index in [9.17, 15) is 4.39 Å². The SMILES string of the molecule is CNCCC(c1ccccc1F)C1CCCC1. The lowest BCUT2D eigenvalue weighted by Crippen LogP contribution is -2.18. The molecule has 0 aliphatic heterocycles. The zero-order chi connectivity index (χ0) is 12.1. The van der Waals surface area contributed by atoms with Crippen LogP contribution in [0, 0.1) is 11.7 Å². The van der Waals surface area contributed by atoms with Crippen LogP contribution in [0.5, 0.6) is 0 Å². The molecule has 2 rings (SSSR count). The average Bonchev–Trinajstić information content (AvgIpc) is 2.85. The van der Waals surface area contributed by atoms with Crippen LogP contribution in [0.1, 0.15) is 43.6 Å². The largest absolute Gasteiger partial charge is 0.320 e. The van der Waals surface area contributed by atoms with Crippen LogP contribution in [0.15, 0.2) is 24.3 Å². The van der Waals surface area contributed by atoms with E-state index in [1.807, 2.05) is 19.2 Å². The molecule has 0 aromatic heterocycles. The van der Waals surface area contributed by atoms with Crippen molar-refractivity contribution in [2.75, 3.05) is 13.6 Å². The fraction of sp³-hybridized carbons (Fsp3) is 0.600. The van der Waals surface area contributed by atoms with Gasteiger partial charge in [0.25, 0.3) is 0 Å². The second kappa shape index (κ2) is 6.15. The van der Waals surface area contributed by atoms with Crippen molar-refractivity contribution in [1.82, 2.24) is 5.32 Å². The summed E-state index contributed by atoms with van der Waals surface area (Å²) in [4.78, 5) is 0. The maximum absolute atomic E-state index is 13.9. The van der Waals surface area contributed by atoms with Crippen LogP contribution in [-0.2, 0) is 0 Å². The van der Waals surface area contributed by atoms with Gasteiger partial charge in [-0.2, -0.15) is 0 Å². The van der Waals surface area contributed by atoms with Crippen molar-refractivity contribution in [2.45, 2.75) is 38.0 Å². The highest BCUT2D eigenvalue weighted by molar-refractivity contribution is 5.22. The molecule has 0 saturated heterocycles. The summed E-state index contributed by atoms with van der Waals surface area (Å²) in [5, 5.41) is 3.19. The van der Waals surface area contributed by atoms with E-state index in [0.29, 0.717) is 11.8 Å². The van der Waals surface area contributed by atoms with Crippen molar-refractivity contribution in [2.24, 2.45) is 5.92 Å². The summed E-state index contributed by atoms with van der Waals surface area (Å²) < 4.78 is 13.9. The Labute approximate surface area is 103 Å². The van der Waals surface area contributed by atoms with Crippen molar-refractivity contribution in [3.8, 4) is 0 Å². The van der Waals surface area contributed by atoms with Gasteiger partial charge in [0.05, 0.1) is 0 Å². The molecular formula is C15H22FN. The van der Waals surface area contributed by atoms with E-state index < -0.39 is 0 Å². The van der Waals surface area contributed by atoms with Crippen molar-refractivity contribution in [3.05, 3.63) is 35.6 Å². The molecule has 1 nitrogen and oxygen atoms in total. The smallest absolute Gasteiger partial charge is 0.126 e. The maximum Gasteiger partial charge on any atom is 0.126 e. The number of benzene rings is 1. The highest BCUT2D eigenvalue weighted by atomic mass is 19.1. The van der Waals surface area contributed by atoms with E-state index >= 15 is 0 Å². The molecular weight excluding hydrogens is 213 g/mol. The molecule has 0 spiro atoms. The molecule has 1 fully saturated rings. The molecule has 0 heterocycles. The predicted octanol–water partition coefficient (Wildman–Crippen LogP) is 3.71. The molecule has 0 radical (unpaired) electrons. The van der Waals surface area contributed by atoms with Gasteiger partial charge in [0.15, 0.2) is 0 Å². The van der Waals surface area contributed by atoms with Crippen LogP contribution < -0.4 is 5.32 Å². The van der Waals surface area contributed by atoms with Gasteiger partial charge in [0, 0.05) is 0 Å². The van der Waals surface area contributed by atoms with Gasteiger partial charge in [-0.1, -0.05) is 31.0 Å². The lowest BCUT2D eigenvalue weighted by atomic mass is 9.82. The molecule has 1 unspecified atom stereocenters. The number of rotatable bonds is 5. The quantitative estimate of drug-likeness (QED) is 0.820. The highest BCUT2D eigenvalue weighted by Gasteiger charge is 2.27. The Balaban J connectivity index is 2.16. The van der Waals surface area contributed by atoms with E-state index in [0.717, 1.165) is 18.5 Å². The first-order valence-electron chi connectivity index (χ1n) is 6.72. The minimum Gasteiger partial charge on any atom is -0.320 e. The van der Waals surface area contributed by atoms with E-state index in [1.54, 1.807) is 12.1 Å². The normalized spacial score (nSPS) is 18.5. The Morgan fingerprint density at radius 3 is 2.65 bits per heavy atom. The molecule has 17 heavy (non-hydrogen) atoms. The van der Waals surface area contributed by atoms with Gasteiger partial charge < -0.3 is 5.32 Å². The first-order chi connectivity index (χ1) is 8.33. The van der Waals surface area contributed by atoms with Gasteiger partial charge in [-0.3, -0.25) is 0 Å². The Morgan fingerprint density at radius 2 is 2.00 bits per heavy atom. The van der Waals surface area contributed by atoms with E-state index in [4.69, 9.17) is 0 Å². The number of halogens is 1. The maximum atomic E-state index is 13.9. The predicted molar refractivity (Wildman–Crippen MR) is 69.6 cm³/mol. The van der Waals surface area contributed by atoms with Gasteiger partial charge in [-0.25, -0.2) is 4.39 Å². The summed E-state index contributed by atoms with van der Waals surface area (Å²) in [5.74, 6) is 1.05. The molecule has 1 N–H and O–H groups in total. The zero-order valence-corrected chi connectivity index (χ0v) is 10.6. The molecule has 0 amide bonds. The third-order valence-electron chi connectivity index (χ3n) is 3.98. The first-order valence-corrected chi connectivity index (χ1v) is 6.72. The van der Waals surface area contributed by atoms with E-state index in [2.05, 4.69) is 5.32 Å². The van der Waals surface area contributed by atoms with Gasteiger partial charge >= 0.3 is 0 Å². The molecule has 0 bridgehead atoms. The summed E-state index contributed by atoms with van der Waals surface area (Å²) in [6.07, 6.45) is 6.21. The van der Waals surface area contributed by atoms with Crippen LogP contribution in [0.25, 0.3) is 0 Å². The van der Waals surface area contributed by atoms with Crippen molar-refractivity contribution in [1.29, 1.82) is 0 Å². The molecule has 1 atom stereocenters. The van der Waals surface area contributed by atoms with Gasteiger partial charge in [-0.15, -0.1) is 0 Å². The molecule has 94 valence electrons. The van der Waals surface area contributed by atoms with Gasteiger partial charge in [-0.05, 0) is 56.3 Å². The highest BCUT2D eigenvalue weighted by Crippen LogP contribution is 2.39. The molecule has 1 aliphatic rings. The van der Waals surface area contributed by atoms with E-state index in [1.165, 1.54) is 25.7 Å². The molecule has 2 heteroatoms. The Morgan fingerprint density at radius 1 is 1.29 bits per heavy atom. The second-order valence-electron chi connectivity index (χ2n) is 5.06. The van der Waals surface area contributed by atoms with Gasteiger partial charge in [0.1, 0.15) is 5.82 Å². The summed E-state index contributed by atoms with van der Waals surface area (Å²) in [5.41, 5.74) is 0.926. The standard InChI is InChI=1S/C15H22FN/c1-17-11-10-13(12-6-2-3-7-12)14-8-4-5-9-15(14)16/h4-5,8-9,12-13,17H,2-3,6-7,10-11H2,1H3. The summed E-state index contributed by atoms with van der Waals surface area (Å²) in [7, 11) is 1.97. The lowest BCUT2D eigenvalue weighted by Gasteiger charge is -2.24. The lowest BCUT2D eigenvalue weighted by molar-refractivity contribution is 0.395. The Bertz CT molecular complexity index is 345. The molecule has 1 aromatic rings. The molecule has 1 aromatic carbocycles. The van der Waals surface area contributed by atoms with Crippen molar-refractivity contribution in [3.63, 3.8) is 0 Å². The van der Waals surface area contributed by atoms with Crippen LogP contribution in [0.3, 0.4) is 0 Å². The molecule has 1 saturated carbocycles. The summed E-state index contributed by atoms with van der Waals surface area (Å²) in [6, 6.07) is 7.30. The van der Waals surface area contributed by atoms with Crippen LogP contribution in [0.2, 0.25) is 0 Å². The number of nitrogens with one attached hydrogen (secondary N) is 1. The summed E-state index contributed by atoms with van der Waals surface area (Å²) in [6.45, 7) is 0.968. The van der Waals surface area contributed by atoms with Crippen LogP contribution in [-0.4, -0.2) is 13.6 Å².